The average molecular weight is 194 g/mol. The molecule has 0 saturated carbocycles. The van der Waals surface area contributed by atoms with E-state index in [1.807, 2.05) is 0 Å². The van der Waals surface area contributed by atoms with E-state index in [9.17, 15) is 9.18 Å². The number of hydrogen-bond acceptors (Lipinski definition) is 2. The number of carbonyl (C=O) groups is 1. The first kappa shape index (κ1) is 14.0. The number of halogens is 3. The maximum Gasteiger partial charge on any atom is 0.306 e. The summed E-state index contributed by atoms with van der Waals surface area (Å²) in [5.41, 5.74) is 0.319. The van der Waals surface area contributed by atoms with Crippen LogP contribution in [0.25, 0.3) is 0 Å². The molecule has 0 saturated heterocycles. The molecule has 1 rings (SSSR count). The zero-order valence-electron chi connectivity index (χ0n) is 6.57. The Kier molecular flexibility index (Phi) is 6.53. The van der Waals surface area contributed by atoms with Gasteiger partial charge in [-0.25, -0.2) is 0 Å². The Morgan fingerprint density at radius 1 is 1.31 bits per heavy atom. The van der Waals surface area contributed by atoms with Crippen molar-refractivity contribution in [3.8, 4) is 5.75 Å². The molecule has 0 fully saturated rings. The van der Waals surface area contributed by atoms with E-state index < -0.39 is 6.04 Å². The van der Waals surface area contributed by atoms with E-state index in [2.05, 4.69) is 0 Å². The molecular formula is C8H9F3O2. The van der Waals surface area contributed by atoms with Crippen LogP contribution in [0.1, 0.15) is 5.56 Å². The second-order valence-electron chi connectivity index (χ2n) is 2.16. The molecular weight excluding hydrogens is 185 g/mol. The first-order valence-corrected chi connectivity index (χ1v) is 3.15. The molecule has 1 N–H and O–H groups in total. The molecule has 5 heteroatoms. The summed E-state index contributed by atoms with van der Waals surface area (Å²) < 4.78 is 11.8. The summed E-state index contributed by atoms with van der Waals surface area (Å²) in [4.78, 5) is 9.99. The minimum Gasteiger partial charge on any atom is -0.508 e. The van der Waals surface area contributed by atoms with Crippen LogP contribution in [0.4, 0.5) is 13.8 Å². The van der Waals surface area contributed by atoms with Gasteiger partial charge >= 0.3 is 6.04 Å². The third kappa shape index (κ3) is 4.15. The van der Waals surface area contributed by atoms with Crippen molar-refractivity contribution in [1.82, 2.24) is 0 Å². The van der Waals surface area contributed by atoms with Crippen LogP contribution < -0.4 is 0 Å². The fourth-order valence-electron chi connectivity index (χ4n) is 0.810. The van der Waals surface area contributed by atoms with Crippen molar-refractivity contribution in [3.63, 3.8) is 0 Å². The molecule has 1 aromatic carbocycles. The first-order valence-electron chi connectivity index (χ1n) is 3.15. The zero-order chi connectivity index (χ0) is 8.27. The molecule has 0 aromatic heterocycles. The van der Waals surface area contributed by atoms with E-state index in [1.165, 1.54) is 12.1 Å². The number of para-hydroxylation sites is 1. The van der Waals surface area contributed by atoms with E-state index >= 15 is 0 Å². The van der Waals surface area contributed by atoms with Crippen LogP contribution in [0.2, 0.25) is 0 Å². The highest BCUT2D eigenvalue weighted by atomic mass is 19.1. The fraction of sp³-hybridized carbons (Fsp3) is 0.125. The summed E-state index contributed by atoms with van der Waals surface area (Å²) in [6.07, 6.45) is -0.354. The van der Waals surface area contributed by atoms with Gasteiger partial charge in [0.05, 0.1) is 6.42 Å². The van der Waals surface area contributed by atoms with Gasteiger partial charge < -0.3 is 5.11 Å². The van der Waals surface area contributed by atoms with E-state index in [-0.39, 0.29) is 21.6 Å². The Labute approximate surface area is 72.7 Å². The van der Waals surface area contributed by atoms with Crippen LogP contribution in [-0.4, -0.2) is 11.1 Å². The molecule has 1 aromatic rings. The summed E-state index contributed by atoms with van der Waals surface area (Å²) in [5.74, 6) is -0.0431. The third-order valence-corrected chi connectivity index (χ3v) is 1.32. The predicted molar refractivity (Wildman–Crippen MR) is 42.9 cm³/mol. The van der Waals surface area contributed by atoms with Gasteiger partial charge in [0.15, 0.2) is 0 Å². The number of rotatable bonds is 2. The van der Waals surface area contributed by atoms with Crippen molar-refractivity contribution in [3.05, 3.63) is 29.8 Å². The zero-order valence-corrected chi connectivity index (χ0v) is 6.57. The van der Waals surface area contributed by atoms with Gasteiger partial charge in [-0.15, -0.1) is 0 Å². The standard InChI is InChI=1S/C8H7FO2.2FH/c9-8(11)5-6-3-1-2-4-7(6)10;;/h1-4,10H,5H2;2*1H. The van der Waals surface area contributed by atoms with Crippen LogP contribution in [0.5, 0.6) is 5.75 Å². The van der Waals surface area contributed by atoms with Crippen molar-refractivity contribution in [2.24, 2.45) is 0 Å². The molecule has 74 valence electrons. The SMILES string of the molecule is F.F.O=C(F)Cc1ccccc1O. The lowest BCUT2D eigenvalue weighted by Crippen LogP contribution is -1.94. The van der Waals surface area contributed by atoms with E-state index in [0.717, 1.165) is 0 Å². The molecule has 0 radical (unpaired) electrons. The van der Waals surface area contributed by atoms with Crippen molar-refractivity contribution in [1.29, 1.82) is 0 Å². The van der Waals surface area contributed by atoms with Gasteiger partial charge in [0, 0.05) is 5.56 Å². The van der Waals surface area contributed by atoms with Crippen molar-refractivity contribution in [2.45, 2.75) is 6.42 Å². The number of hydrogen-bond donors (Lipinski definition) is 1. The summed E-state index contributed by atoms with van der Waals surface area (Å²) in [7, 11) is 0. The Hall–Kier alpha value is -1.52. The molecule has 0 aliphatic rings. The highest BCUT2D eigenvalue weighted by Crippen LogP contribution is 2.15. The van der Waals surface area contributed by atoms with E-state index in [4.69, 9.17) is 5.11 Å². The average Bonchev–Trinajstić information content (AvgIpc) is 1.93. The first-order chi connectivity index (χ1) is 5.20. The maximum absolute atomic E-state index is 11.8. The minimum absolute atomic E-state index is 0. The lowest BCUT2D eigenvalue weighted by Gasteiger charge is -1.97. The van der Waals surface area contributed by atoms with E-state index in [0.29, 0.717) is 5.56 Å². The summed E-state index contributed by atoms with van der Waals surface area (Å²) in [6.45, 7) is 0. The Balaban J connectivity index is 0. The van der Waals surface area contributed by atoms with Crippen molar-refractivity contribution >= 4 is 6.04 Å². The van der Waals surface area contributed by atoms with Crippen LogP contribution >= 0.6 is 0 Å². The number of phenols is 1. The van der Waals surface area contributed by atoms with Gasteiger partial charge in [0.2, 0.25) is 0 Å². The molecule has 13 heavy (non-hydrogen) atoms. The molecule has 0 aliphatic heterocycles. The normalized spacial score (nSPS) is 8.08. The molecule has 0 bridgehead atoms. The van der Waals surface area contributed by atoms with Crippen LogP contribution in [0.15, 0.2) is 24.3 Å². The molecule has 0 unspecified atom stereocenters. The lowest BCUT2D eigenvalue weighted by atomic mass is 10.1. The summed E-state index contributed by atoms with van der Waals surface area (Å²) >= 11 is 0. The Morgan fingerprint density at radius 3 is 2.31 bits per heavy atom. The molecule has 2 nitrogen and oxygen atoms in total. The quantitative estimate of drug-likeness (QED) is 0.728. The largest absolute Gasteiger partial charge is 0.508 e. The molecule has 0 spiro atoms. The van der Waals surface area contributed by atoms with Crippen LogP contribution in [-0.2, 0) is 11.2 Å². The Morgan fingerprint density at radius 2 is 1.85 bits per heavy atom. The van der Waals surface area contributed by atoms with Gasteiger partial charge in [0.25, 0.3) is 0 Å². The smallest absolute Gasteiger partial charge is 0.306 e. The van der Waals surface area contributed by atoms with Gasteiger partial charge in [-0.1, -0.05) is 18.2 Å². The lowest BCUT2D eigenvalue weighted by molar-refractivity contribution is -0.128. The Bertz CT molecular complexity index is 276. The fourth-order valence-corrected chi connectivity index (χ4v) is 0.810. The number of aromatic hydroxyl groups is 1. The highest BCUT2D eigenvalue weighted by Gasteiger charge is 2.04. The second-order valence-corrected chi connectivity index (χ2v) is 2.16. The number of benzene rings is 1. The second kappa shape index (κ2) is 6.05. The highest BCUT2D eigenvalue weighted by molar-refractivity contribution is 5.72. The monoisotopic (exact) mass is 194 g/mol. The predicted octanol–water partition coefficient (Wildman–Crippen LogP) is 1.74. The van der Waals surface area contributed by atoms with Crippen molar-refractivity contribution in [2.75, 3.05) is 0 Å². The van der Waals surface area contributed by atoms with Crippen molar-refractivity contribution < 1.29 is 23.7 Å². The van der Waals surface area contributed by atoms with Crippen LogP contribution in [0.3, 0.4) is 0 Å². The number of phenolic OH excluding ortho intramolecular Hbond substituents is 1. The number of carbonyl (C=O) groups excluding carboxylic acids is 1. The third-order valence-electron chi connectivity index (χ3n) is 1.32. The summed E-state index contributed by atoms with van der Waals surface area (Å²) in [5, 5.41) is 9.04. The van der Waals surface area contributed by atoms with Gasteiger partial charge in [-0.2, -0.15) is 4.39 Å². The molecule has 0 heterocycles. The minimum atomic E-state index is -1.44. The summed E-state index contributed by atoms with van der Waals surface area (Å²) in [6, 6.07) is 4.73. The topological polar surface area (TPSA) is 37.3 Å². The van der Waals surface area contributed by atoms with Gasteiger partial charge in [0.1, 0.15) is 5.75 Å². The van der Waals surface area contributed by atoms with Crippen LogP contribution in [0, 0.1) is 0 Å². The van der Waals surface area contributed by atoms with Gasteiger partial charge in [-0.3, -0.25) is 14.2 Å². The van der Waals surface area contributed by atoms with Gasteiger partial charge in [-0.05, 0) is 6.07 Å². The molecule has 0 aliphatic carbocycles. The van der Waals surface area contributed by atoms with E-state index in [1.54, 1.807) is 12.1 Å². The molecule has 0 atom stereocenters. The maximum atomic E-state index is 11.8. The molecule has 0 amide bonds.